The van der Waals surface area contributed by atoms with Crippen LogP contribution in [0.5, 0.6) is 0 Å². The number of hydrogen-bond donors (Lipinski definition) is 1. The van der Waals surface area contributed by atoms with Gasteiger partial charge in [0, 0.05) is 16.7 Å². The highest BCUT2D eigenvalue weighted by atomic mass is 79.9. The minimum absolute atomic E-state index is 0.282. The SMILES string of the molecule is Cc1cc(F)cc(NCc2cc(F)ccc2Br)c1. The molecule has 0 unspecified atom stereocenters. The van der Waals surface area contributed by atoms with Crippen LogP contribution in [-0.2, 0) is 6.54 Å². The summed E-state index contributed by atoms with van der Waals surface area (Å²) in [4.78, 5) is 0. The van der Waals surface area contributed by atoms with Gasteiger partial charge in [-0.25, -0.2) is 8.78 Å². The van der Waals surface area contributed by atoms with Crippen molar-refractivity contribution in [1.82, 2.24) is 0 Å². The Morgan fingerprint density at radius 1 is 1.06 bits per heavy atom. The highest BCUT2D eigenvalue weighted by Crippen LogP contribution is 2.20. The second-order valence-corrected chi connectivity index (χ2v) is 4.96. The molecule has 0 aromatic heterocycles. The summed E-state index contributed by atoms with van der Waals surface area (Å²) in [5.41, 5.74) is 2.32. The molecule has 0 saturated heterocycles. The molecule has 0 aliphatic rings. The zero-order chi connectivity index (χ0) is 13.1. The van der Waals surface area contributed by atoms with Crippen LogP contribution in [0.1, 0.15) is 11.1 Å². The smallest absolute Gasteiger partial charge is 0.125 e. The maximum atomic E-state index is 13.2. The monoisotopic (exact) mass is 311 g/mol. The fourth-order valence-corrected chi connectivity index (χ4v) is 2.10. The van der Waals surface area contributed by atoms with Crippen LogP contribution in [0.2, 0.25) is 0 Å². The molecule has 0 saturated carbocycles. The molecule has 2 rings (SSSR count). The molecule has 0 aliphatic carbocycles. The summed E-state index contributed by atoms with van der Waals surface area (Å²) < 4.78 is 27.1. The lowest BCUT2D eigenvalue weighted by molar-refractivity contribution is 0.624. The van der Waals surface area contributed by atoms with E-state index in [0.29, 0.717) is 12.2 Å². The zero-order valence-electron chi connectivity index (χ0n) is 9.81. The third-order valence-electron chi connectivity index (χ3n) is 2.53. The van der Waals surface area contributed by atoms with Crippen LogP contribution in [0, 0.1) is 18.6 Å². The maximum Gasteiger partial charge on any atom is 0.125 e. The van der Waals surface area contributed by atoms with Crippen molar-refractivity contribution >= 4 is 21.6 Å². The van der Waals surface area contributed by atoms with Gasteiger partial charge in [0.1, 0.15) is 11.6 Å². The quantitative estimate of drug-likeness (QED) is 0.870. The van der Waals surface area contributed by atoms with E-state index in [1.54, 1.807) is 6.07 Å². The number of anilines is 1. The average Bonchev–Trinajstić information content (AvgIpc) is 2.29. The Morgan fingerprint density at radius 3 is 2.56 bits per heavy atom. The molecule has 1 N–H and O–H groups in total. The highest BCUT2D eigenvalue weighted by molar-refractivity contribution is 9.10. The van der Waals surface area contributed by atoms with Gasteiger partial charge in [-0.2, -0.15) is 0 Å². The summed E-state index contributed by atoms with van der Waals surface area (Å²) in [6, 6.07) is 9.21. The Labute approximate surface area is 113 Å². The molecule has 0 aliphatic heterocycles. The van der Waals surface area contributed by atoms with E-state index in [9.17, 15) is 8.78 Å². The number of nitrogens with one attached hydrogen (secondary N) is 1. The van der Waals surface area contributed by atoms with Gasteiger partial charge in [-0.3, -0.25) is 0 Å². The van der Waals surface area contributed by atoms with E-state index in [1.165, 1.54) is 24.3 Å². The van der Waals surface area contributed by atoms with Crippen molar-refractivity contribution in [3.8, 4) is 0 Å². The molecular formula is C14H12BrF2N. The van der Waals surface area contributed by atoms with Gasteiger partial charge in [0.2, 0.25) is 0 Å². The highest BCUT2D eigenvalue weighted by Gasteiger charge is 2.03. The van der Waals surface area contributed by atoms with Crippen LogP contribution in [0.15, 0.2) is 40.9 Å². The van der Waals surface area contributed by atoms with Crippen molar-refractivity contribution in [1.29, 1.82) is 0 Å². The van der Waals surface area contributed by atoms with Crippen LogP contribution < -0.4 is 5.32 Å². The summed E-state index contributed by atoms with van der Waals surface area (Å²) in [5.74, 6) is -0.568. The molecular weight excluding hydrogens is 300 g/mol. The van der Waals surface area contributed by atoms with E-state index in [4.69, 9.17) is 0 Å². The third-order valence-corrected chi connectivity index (χ3v) is 3.31. The Kier molecular flexibility index (Phi) is 3.97. The molecule has 0 spiro atoms. The third kappa shape index (κ3) is 3.29. The first kappa shape index (κ1) is 13.0. The number of benzene rings is 2. The number of rotatable bonds is 3. The van der Waals surface area contributed by atoms with E-state index >= 15 is 0 Å². The summed E-state index contributed by atoms with van der Waals surface area (Å²) in [6.07, 6.45) is 0. The van der Waals surface area contributed by atoms with E-state index < -0.39 is 0 Å². The molecule has 1 nitrogen and oxygen atoms in total. The predicted octanol–water partition coefficient (Wildman–Crippen LogP) is 4.65. The summed E-state index contributed by atoms with van der Waals surface area (Å²) in [5, 5.41) is 3.07. The minimum atomic E-state index is -0.287. The number of halogens is 3. The summed E-state index contributed by atoms with van der Waals surface area (Å²) in [7, 11) is 0. The van der Waals surface area contributed by atoms with Gasteiger partial charge in [0.15, 0.2) is 0 Å². The summed E-state index contributed by atoms with van der Waals surface area (Å²) in [6.45, 7) is 2.26. The molecule has 0 amide bonds. The van der Waals surface area contributed by atoms with Crippen LogP contribution in [0.25, 0.3) is 0 Å². The van der Waals surface area contributed by atoms with Gasteiger partial charge in [-0.1, -0.05) is 15.9 Å². The van der Waals surface area contributed by atoms with Gasteiger partial charge in [0.05, 0.1) is 0 Å². The lowest BCUT2D eigenvalue weighted by atomic mass is 10.2. The van der Waals surface area contributed by atoms with E-state index in [0.717, 1.165) is 15.6 Å². The van der Waals surface area contributed by atoms with Crippen LogP contribution in [-0.4, -0.2) is 0 Å². The first-order valence-electron chi connectivity index (χ1n) is 5.49. The largest absolute Gasteiger partial charge is 0.381 e. The molecule has 4 heteroatoms. The molecule has 0 bridgehead atoms. The Hall–Kier alpha value is -1.42. The van der Waals surface area contributed by atoms with E-state index in [2.05, 4.69) is 21.2 Å². The normalized spacial score (nSPS) is 10.4. The van der Waals surface area contributed by atoms with Crippen molar-refractivity contribution in [3.05, 3.63) is 63.6 Å². The average molecular weight is 312 g/mol. The van der Waals surface area contributed by atoms with Crippen LogP contribution in [0.3, 0.4) is 0 Å². The topological polar surface area (TPSA) is 12.0 Å². The van der Waals surface area contributed by atoms with Crippen LogP contribution >= 0.6 is 15.9 Å². The van der Waals surface area contributed by atoms with Crippen molar-refractivity contribution in [2.24, 2.45) is 0 Å². The Balaban J connectivity index is 2.13. The van der Waals surface area contributed by atoms with Gasteiger partial charge in [0.25, 0.3) is 0 Å². The van der Waals surface area contributed by atoms with Crippen molar-refractivity contribution < 1.29 is 8.78 Å². The van der Waals surface area contributed by atoms with Crippen molar-refractivity contribution in [2.75, 3.05) is 5.32 Å². The maximum absolute atomic E-state index is 13.2. The Bertz CT molecular complexity index is 549. The number of hydrogen-bond acceptors (Lipinski definition) is 1. The molecule has 94 valence electrons. The van der Waals surface area contributed by atoms with Gasteiger partial charge in [-0.05, 0) is 54.4 Å². The molecule has 0 atom stereocenters. The van der Waals surface area contributed by atoms with Gasteiger partial charge < -0.3 is 5.32 Å². The van der Waals surface area contributed by atoms with Gasteiger partial charge >= 0.3 is 0 Å². The molecule has 0 fully saturated rings. The summed E-state index contributed by atoms with van der Waals surface area (Å²) >= 11 is 3.35. The van der Waals surface area contributed by atoms with Crippen molar-refractivity contribution in [2.45, 2.75) is 13.5 Å². The fraction of sp³-hybridized carbons (Fsp3) is 0.143. The molecule has 18 heavy (non-hydrogen) atoms. The standard InChI is InChI=1S/C14H12BrF2N/c1-9-4-12(17)7-13(5-9)18-8-10-6-11(16)2-3-14(10)15/h2-7,18H,8H2,1H3. The lowest BCUT2D eigenvalue weighted by Gasteiger charge is -2.09. The first-order valence-corrected chi connectivity index (χ1v) is 6.29. The van der Waals surface area contributed by atoms with E-state index in [1.807, 2.05) is 13.0 Å². The fourth-order valence-electron chi connectivity index (χ4n) is 1.71. The zero-order valence-corrected chi connectivity index (χ0v) is 11.4. The molecule has 0 heterocycles. The van der Waals surface area contributed by atoms with Crippen LogP contribution in [0.4, 0.5) is 14.5 Å². The van der Waals surface area contributed by atoms with E-state index in [-0.39, 0.29) is 11.6 Å². The molecule has 0 radical (unpaired) electrons. The number of aryl methyl sites for hydroxylation is 1. The second kappa shape index (κ2) is 5.48. The predicted molar refractivity (Wildman–Crippen MR) is 72.6 cm³/mol. The minimum Gasteiger partial charge on any atom is -0.381 e. The van der Waals surface area contributed by atoms with Gasteiger partial charge in [-0.15, -0.1) is 0 Å². The molecule has 2 aromatic rings. The Morgan fingerprint density at radius 2 is 1.83 bits per heavy atom. The first-order chi connectivity index (χ1) is 8.54. The lowest BCUT2D eigenvalue weighted by Crippen LogP contribution is -2.01. The molecule has 2 aromatic carbocycles. The van der Waals surface area contributed by atoms with Crippen molar-refractivity contribution in [3.63, 3.8) is 0 Å². The second-order valence-electron chi connectivity index (χ2n) is 4.11.